The average molecular weight is 324 g/mol. The highest BCUT2D eigenvalue weighted by Gasteiger charge is 2.13. The summed E-state index contributed by atoms with van der Waals surface area (Å²) in [5, 5.41) is 4.33. The SMILES string of the molecule is Cc1nn(C)c(C)c1Oc1ccc([C@H](C)N)c(Br)c1. The lowest BCUT2D eigenvalue weighted by Gasteiger charge is -2.11. The Hall–Kier alpha value is -1.33. The first-order valence-electron chi connectivity index (χ1n) is 6.13. The van der Waals surface area contributed by atoms with E-state index in [0.29, 0.717) is 0 Å². The third-order valence-electron chi connectivity index (χ3n) is 3.13. The Balaban J connectivity index is 2.31. The van der Waals surface area contributed by atoms with E-state index in [9.17, 15) is 0 Å². The van der Waals surface area contributed by atoms with Crippen LogP contribution in [0.4, 0.5) is 0 Å². The summed E-state index contributed by atoms with van der Waals surface area (Å²) in [6.07, 6.45) is 0. The number of nitrogens with two attached hydrogens (primary N) is 1. The smallest absolute Gasteiger partial charge is 0.171 e. The van der Waals surface area contributed by atoms with Gasteiger partial charge < -0.3 is 10.5 Å². The molecule has 0 spiro atoms. The molecule has 0 bridgehead atoms. The molecule has 0 fully saturated rings. The van der Waals surface area contributed by atoms with Crippen LogP contribution in [0.5, 0.6) is 11.5 Å². The number of aromatic nitrogens is 2. The van der Waals surface area contributed by atoms with Crippen molar-refractivity contribution in [2.24, 2.45) is 12.8 Å². The Morgan fingerprint density at radius 1 is 1.37 bits per heavy atom. The highest BCUT2D eigenvalue weighted by atomic mass is 79.9. The standard InChI is InChI=1S/C14H18BrN3O/c1-8(16)12-6-5-11(7-13(12)15)19-14-9(2)17-18(4)10(14)3/h5-8H,16H2,1-4H3/t8-/m0/s1. The maximum atomic E-state index is 5.92. The number of rotatable bonds is 3. The van der Waals surface area contributed by atoms with Gasteiger partial charge in [-0.2, -0.15) is 5.10 Å². The minimum Gasteiger partial charge on any atom is -0.453 e. The maximum absolute atomic E-state index is 5.92. The number of aryl methyl sites for hydroxylation is 2. The lowest BCUT2D eigenvalue weighted by atomic mass is 10.1. The summed E-state index contributed by atoms with van der Waals surface area (Å²) in [6, 6.07) is 5.83. The molecule has 1 heterocycles. The van der Waals surface area contributed by atoms with Gasteiger partial charge >= 0.3 is 0 Å². The molecule has 5 heteroatoms. The predicted molar refractivity (Wildman–Crippen MR) is 79.5 cm³/mol. The van der Waals surface area contributed by atoms with E-state index in [2.05, 4.69) is 21.0 Å². The first-order valence-corrected chi connectivity index (χ1v) is 6.92. The van der Waals surface area contributed by atoms with Crippen molar-refractivity contribution in [2.75, 3.05) is 0 Å². The maximum Gasteiger partial charge on any atom is 0.171 e. The summed E-state index contributed by atoms with van der Waals surface area (Å²) in [5.74, 6) is 1.58. The molecule has 0 aliphatic heterocycles. The Labute approximate surface area is 121 Å². The first kappa shape index (κ1) is 14.1. The molecule has 19 heavy (non-hydrogen) atoms. The molecule has 0 unspecified atom stereocenters. The van der Waals surface area contributed by atoms with Crippen molar-refractivity contribution in [3.63, 3.8) is 0 Å². The molecular formula is C14H18BrN3O. The lowest BCUT2D eigenvalue weighted by Crippen LogP contribution is -2.05. The molecule has 0 saturated carbocycles. The predicted octanol–water partition coefficient (Wildman–Crippen LogP) is 3.61. The number of ether oxygens (including phenoxy) is 1. The lowest BCUT2D eigenvalue weighted by molar-refractivity contribution is 0.473. The Kier molecular flexibility index (Phi) is 3.96. The third kappa shape index (κ3) is 2.82. The molecule has 4 nitrogen and oxygen atoms in total. The van der Waals surface area contributed by atoms with Crippen LogP contribution in [-0.2, 0) is 7.05 Å². The quantitative estimate of drug-likeness (QED) is 0.938. The number of halogens is 1. The van der Waals surface area contributed by atoms with Crippen LogP contribution >= 0.6 is 15.9 Å². The van der Waals surface area contributed by atoms with Gasteiger partial charge in [-0.15, -0.1) is 0 Å². The zero-order chi connectivity index (χ0) is 14.2. The van der Waals surface area contributed by atoms with Gasteiger partial charge in [-0.05, 0) is 38.5 Å². The second-order valence-electron chi connectivity index (χ2n) is 4.70. The fourth-order valence-electron chi connectivity index (χ4n) is 1.96. The van der Waals surface area contributed by atoms with Gasteiger partial charge in [0.1, 0.15) is 11.4 Å². The molecule has 0 aliphatic rings. The zero-order valence-electron chi connectivity index (χ0n) is 11.6. The van der Waals surface area contributed by atoms with E-state index >= 15 is 0 Å². The topological polar surface area (TPSA) is 53.1 Å². The summed E-state index contributed by atoms with van der Waals surface area (Å²) >= 11 is 3.52. The van der Waals surface area contributed by atoms with Crippen LogP contribution in [0, 0.1) is 13.8 Å². The number of benzene rings is 1. The minimum atomic E-state index is -0.00899. The fourth-order valence-corrected chi connectivity index (χ4v) is 2.68. The van der Waals surface area contributed by atoms with E-state index < -0.39 is 0 Å². The molecule has 2 N–H and O–H groups in total. The van der Waals surface area contributed by atoms with E-state index in [4.69, 9.17) is 10.5 Å². The van der Waals surface area contributed by atoms with E-state index in [-0.39, 0.29) is 6.04 Å². The molecule has 0 radical (unpaired) electrons. The molecule has 2 aromatic rings. The van der Waals surface area contributed by atoms with E-state index in [1.54, 1.807) is 0 Å². The summed E-state index contributed by atoms with van der Waals surface area (Å²) in [7, 11) is 1.91. The zero-order valence-corrected chi connectivity index (χ0v) is 13.2. The largest absolute Gasteiger partial charge is 0.453 e. The van der Waals surface area contributed by atoms with E-state index in [0.717, 1.165) is 32.9 Å². The molecule has 0 saturated heterocycles. The number of hydrogen-bond acceptors (Lipinski definition) is 3. The second kappa shape index (κ2) is 5.35. The Bertz CT molecular complexity index is 605. The van der Waals surface area contributed by atoms with Crippen LogP contribution in [-0.4, -0.2) is 9.78 Å². The average Bonchev–Trinajstić information content (AvgIpc) is 2.56. The van der Waals surface area contributed by atoms with Crippen LogP contribution < -0.4 is 10.5 Å². The van der Waals surface area contributed by atoms with Crippen molar-refractivity contribution < 1.29 is 4.74 Å². The van der Waals surface area contributed by atoms with Crippen LogP contribution in [0.15, 0.2) is 22.7 Å². The van der Waals surface area contributed by atoms with Crippen molar-refractivity contribution in [2.45, 2.75) is 26.8 Å². The van der Waals surface area contributed by atoms with Gasteiger partial charge in [-0.3, -0.25) is 4.68 Å². The summed E-state index contributed by atoms with van der Waals surface area (Å²) in [5.41, 5.74) is 8.83. The monoisotopic (exact) mass is 323 g/mol. The van der Waals surface area contributed by atoms with Gasteiger partial charge in [0.25, 0.3) is 0 Å². The first-order chi connectivity index (χ1) is 8.90. The number of hydrogen-bond donors (Lipinski definition) is 1. The van der Waals surface area contributed by atoms with Gasteiger partial charge in [-0.1, -0.05) is 22.0 Å². The van der Waals surface area contributed by atoms with Crippen LogP contribution in [0.1, 0.15) is 29.9 Å². The second-order valence-corrected chi connectivity index (χ2v) is 5.55. The molecular weight excluding hydrogens is 306 g/mol. The van der Waals surface area contributed by atoms with Gasteiger partial charge in [0.15, 0.2) is 5.75 Å². The van der Waals surface area contributed by atoms with E-state index in [1.165, 1.54) is 0 Å². The third-order valence-corrected chi connectivity index (χ3v) is 3.81. The highest BCUT2D eigenvalue weighted by Crippen LogP contribution is 2.32. The number of nitrogens with zero attached hydrogens (tertiary/aromatic N) is 2. The Morgan fingerprint density at radius 3 is 2.53 bits per heavy atom. The van der Waals surface area contributed by atoms with Gasteiger partial charge in [-0.25, -0.2) is 0 Å². The van der Waals surface area contributed by atoms with Crippen molar-refractivity contribution in [3.8, 4) is 11.5 Å². The van der Waals surface area contributed by atoms with E-state index in [1.807, 2.05) is 50.7 Å². The summed E-state index contributed by atoms with van der Waals surface area (Å²) in [4.78, 5) is 0. The molecule has 1 atom stereocenters. The normalized spacial score (nSPS) is 12.5. The van der Waals surface area contributed by atoms with Crippen molar-refractivity contribution in [1.29, 1.82) is 0 Å². The molecule has 102 valence electrons. The minimum absolute atomic E-state index is 0.00899. The van der Waals surface area contributed by atoms with Crippen LogP contribution in [0.25, 0.3) is 0 Å². The molecule has 0 aliphatic carbocycles. The van der Waals surface area contributed by atoms with Crippen LogP contribution in [0.3, 0.4) is 0 Å². The summed E-state index contributed by atoms with van der Waals surface area (Å²) < 4.78 is 8.70. The molecule has 2 rings (SSSR count). The van der Waals surface area contributed by atoms with Crippen LogP contribution in [0.2, 0.25) is 0 Å². The van der Waals surface area contributed by atoms with Crippen molar-refractivity contribution >= 4 is 15.9 Å². The van der Waals surface area contributed by atoms with Crippen molar-refractivity contribution in [3.05, 3.63) is 39.6 Å². The van der Waals surface area contributed by atoms with Gasteiger partial charge in [0, 0.05) is 17.6 Å². The molecule has 1 aromatic carbocycles. The Morgan fingerprint density at radius 2 is 2.05 bits per heavy atom. The van der Waals surface area contributed by atoms with Gasteiger partial charge in [0.05, 0.1) is 5.69 Å². The van der Waals surface area contributed by atoms with Crippen molar-refractivity contribution in [1.82, 2.24) is 9.78 Å². The summed E-state index contributed by atoms with van der Waals surface area (Å²) in [6.45, 7) is 5.88. The molecule has 0 amide bonds. The van der Waals surface area contributed by atoms with Gasteiger partial charge in [0.2, 0.25) is 0 Å². The highest BCUT2D eigenvalue weighted by molar-refractivity contribution is 9.10. The molecule has 1 aromatic heterocycles. The fraction of sp³-hybridized carbons (Fsp3) is 0.357.